The lowest BCUT2D eigenvalue weighted by atomic mass is 10.3. The van der Waals surface area contributed by atoms with Crippen LogP contribution < -0.4 is 4.31 Å². The number of hydrogen-bond donors (Lipinski definition) is 0. The Kier molecular flexibility index (Phi) is 2.26. The van der Waals surface area contributed by atoms with E-state index >= 15 is 0 Å². The summed E-state index contributed by atoms with van der Waals surface area (Å²) >= 11 is 0. The van der Waals surface area contributed by atoms with Crippen LogP contribution in [0.3, 0.4) is 0 Å². The van der Waals surface area contributed by atoms with Crippen LogP contribution in [-0.2, 0) is 23.0 Å². The first-order valence-electron chi connectivity index (χ1n) is 4.91. The molecule has 0 unspecified atom stereocenters. The summed E-state index contributed by atoms with van der Waals surface area (Å²) < 4.78 is 26.2. The third-order valence-electron chi connectivity index (χ3n) is 2.77. The summed E-state index contributed by atoms with van der Waals surface area (Å²) in [7, 11) is -1.62. The van der Waals surface area contributed by atoms with Crippen molar-refractivity contribution in [2.45, 2.75) is 26.3 Å². The Bertz CT molecular complexity index is 490. The van der Waals surface area contributed by atoms with Crippen molar-refractivity contribution < 1.29 is 8.42 Å². The lowest BCUT2D eigenvalue weighted by molar-refractivity contribution is 0.598. The van der Waals surface area contributed by atoms with E-state index in [0.717, 1.165) is 30.9 Å². The van der Waals surface area contributed by atoms with Crippen LogP contribution in [0.15, 0.2) is 0 Å². The summed E-state index contributed by atoms with van der Waals surface area (Å²) in [6.07, 6.45) is 3.20. The lowest BCUT2D eigenvalue weighted by Crippen LogP contribution is -2.27. The molecule has 0 saturated carbocycles. The van der Waals surface area contributed by atoms with Crippen molar-refractivity contribution in [3.8, 4) is 0 Å². The van der Waals surface area contributed by atoms with Crippen molar-refractivity contribution in [1.29, 1.82) is 0 Å². The number of fused-ring (bicyclic) bond motifs is 1. The van der Waals surface area contributed by atoms with Gasteiger partial charge in [0.15, 0.2) is 0 Å². The minimum Gasteiger partial charge on any atom is -0.314 e. The van der Waals surface area contributed by atoms with E-state index in [9.17, 15) is 8.42 Å². The Hall–Kier alpha value is -1.04. The number of sulfonamides is 1. The maximum absolute atomic E-state index is 11.5. The van der Waals surface area contributed by atoms with Crippen LogP contribution in [0.5, 0.6) is 0 Å². The van der Waals surface area contributed by atoms with Crippen molar-refractivity contribution in [1.82, 2.24) is 9.55 Å². The summed E-state index contributed by atoms with van der Waals surface area (Å²) in [5.74, 6) is 1.71. The molecular weight excluding hydrogens is 214 g/mol. The molecule has 0 N–H and O–H groups in total. The molecule has 0 fully saturated rings. The number of imidazole rings is 1. The van der Waals surface area contributed by atoms with Crippen LogP contribution >= 0.6 is 0 Å². The van der Waals surface area contributed by atoms with Crippen LogP contribution in [0.4, 0.5) is 5.82 Å². The third kappa shape index (κ3) is 1.62. The molecule has 1 aromatic rings. The van der Waals surface area contributed by atoms with E-state index in [1.165, 1.54) is 10.6 Å². The van der Waals surface area contributed by atoms with Gasteiger partial charge in [-0.1, -0.05) is 0 Å². The molecule has 1 aliphatic heterocycles. The van der Waals surface area contributed by atoms with Crippen LogP contribution in [0.25, 0.3) is 0 Å². The second-order valence-electron chi connectivity index (χ2n) is 3.92. The standard InChI is InChI=1S/C9H15N3O2S/c1-7-9(11(2)15(3,13)14)12-6-4-5-8(12)10-7/h4-6H2,1-3H3. The number of aryl methyl sites for hydroxylation is 2. The maximum atomic E-state index is 11.5. The molecule has 2 heterocycles. The average molecular weight is 229 g/mol. The molecule has 0 radical (unpaired) electrons. The van der Waals surface area contributed by atoms with Gasteiger partial charge in [-0.15, -0.1) is 0 Å². The second-order valence-corrected chi connectivity index (χ2v) is 5.94. The van der Waals surface area contributed by atoms with E-state index < -0.39 is 10.0 Å². The zero-order chi connectivity index (χ0) is 11.2. The normalized spacial score (nSPS) is 15.4. The zero-order valence-corrected chi connectivity index (χ0v) is 10.0. The van der Waals surface area contributed by atoms with Crippen LogP contribution in [0.2, 0.25) is 0 Å². The largest absolute Gasteiger partial charge is 0.314 e. The Morgan fingerprint density at radius 3 is 2.73 bits per heavy atom. The van der Waals surface area contributed by atoms with Gasteiger partial charge < -0.3 is 4.57 Å². The van der Waals surface area contributed by atoms with Gasteiger partial charge in [-0.25, -0.2) is 13.4 Å². The maximum Gasteiger partial charge on any atom is 0.233 e. The number of anilines is 1. The average Bonchev–Trinajstić information content (AvgIpc) is 2.60. The highest BCUT2D eigenvalue weighted by Crippen LogP contribution is 2.27. The quantitative estimate of drug-likeness (QED) is 0.743. The van der Waals surface area contributed by atoms with Gasteiger partial charge in [-0.2, -0.15) is 0 Å². The Labute approximate surface area is 89.8 Å². The highest BCUT2D eigenvalue weighted by Gasteiger charge is 2.25. The van der Waals surface area contributed by atoms with Crippen molar-refractivity contribution >= 4 is 15.8 Å². The SMILES string of the molecule is Cc1nc2n(c1N(C)S(C)(=O)=O)CCC2. The van der Waals surface area contributed by atoms with Crippen molar-refractivity contribution in [2.24, 2.45) is 0 Å². The molecule has 1 aromatic heterocycles. The first kappa shape index (κ1) is 10.5. The number of nitrogens with zero attached hydrogens (tertiary/aromatic N) is 3. The predicted octanol–water partition coefficient (Wildman–Crippen LogP) is 0.534. The molecule has 0 atom stereocenters. The molecule has 2 rings (SSSR count). The Morgan fingerprint density at radius 1 is 1.47 bits per heavy atom. The molecule has 0 aromatic carbocycles. The molecule has 0 bridgehead atoms. The molecule has 5 nitrogen and oxygen atoms in total. The third-order valence-corrected chi connectivity index (χ3v) is 3.93. The number of rotatable bonds is 2. The van der Waals surface area contributed by atoms with Gasteiger partial charge in [0, 0.05) is 20.0 Å². The number of hydrogen-bond acceptors (Lipinski definition) is 3. The number of aromatic nitrogens is 2. The molecular formula is C9H15N3O2S. The monoisotopic (exact) mass is 229 g/mol. The van der Waals surface area contributed by atoms with Crippen LogP contribution in [0.1, 0.15) is 17.9 Å². The highest BCUT2D eigenvalue weighted by atomic mass is 32.2. The van der Waals surface area contributed by atoms with Crippen LogP contribution in [-0.4, -0.2) is 31.3 Å². The molecule has 6 heteroatoms. The second kappa shape index (κ2) is 3.23. The minimum absolute atomic E-state index is 0.713. The predicted molar refractivity (Wildman–Crippen MR) is 58.5 cm³/mol. The van der Waals surface area contributed by atoms with Gasteiger partial charge in [-0.05, 0) is 13.3 Å². The summed E-state index contributed by atoms with van der Waals surface area (Å²) in [4.78, 5) is 4.38. The van der Waals surface area contributed by atoms with Crippen molar-refractivity contribution in [3.63, 3.8) is 0 Å². The molecule has 1 aliphatic rings. The Balaban J connectivity index is 2.53. The van der Waals surface area contributed by atoms with Gasteiger partial charge >= 0.3 is 0 Å². The van der Waals surface area contributed by atoms with Crippen LogP contribution in [0, 0.1) is 6.92 Å². The van der Waals surface area contributed by atoms with Gasteiger partial charge in [0.25, 0.3) is 0 Å². The molecule has 0 spiro atoms. The Morgan fingerprint density at radius 2 is 2.13 bits per heavy atom. The van der Waals surface area contributed by atoms with E-state index in [1.807, 2.05) is 11.5 Å². The zero-order valence-electron chi connectivity index (χ0n) is 9.19. The fourth-order valence-electron chi connectivity index (χ4n) is 2.00. The molecule has 84 valence electrons. The molecule has 0 amide bonds. The topological polar surface area (TPSA) is 55.2 Å². The van der Waals surface area contributed by atoms with Crippen molar-refractivity contribution in [2.75, 3.05) is 17.6 Å². The fraction of sp³-hybridized carbons (Fsp3) is 0.667. The minimum atomic E-state index is -3.20. The highest BCUT2D eigenvalue weighted by molar-refractivity contribution is 7.92. The van der Waals surface area contributed by atoms with E-state index in [-0.39, 0.29) is 0 Å². The summed E-state index contributed by atoms with van der Waals surface area (Å²) in [6, 6.07) is 0. The van der Waals surface area contributed by atoms with Crippen molar-refractivity contribution in [3.05, 3.63) is 11.5 Å². The summed E-state index contributed by atoms with van der Waals surface area (Å²) in [6.45, 7) is 2.72. The van der Waals surface area contributed by atoms with E-state index in [1.54, 1.807) is 7.05 Å². The summed E-state index contributed by atoms with van der Waals surface area (Å²) in [5.41, 5.74) is 0.789. The summed E-state index contributed by atoms with van der Waals surface area (Å²) in [5, 5.41) is 0. The smallest absolute Gasteiger partial charge is 0.233 e. The first-order chi connectivity index (χ1) is 6.91. The van der Waals surface area contributed by atoms with Gasteiger partial charge in [0.2, 0.25) is 10.0 Å². The van der Waals surface area contributed by atoms with Gasteiger partial charge in [-0.3, -0.25) is 4.31 Å². The fourth-order valence-corrected chi connectivity index (χ4v) is 2.54. The molecule has 15 heavy (non-hydrogen) atoms. The van der Waals surface area contributed by atoms with Gasteiger partial charge in [0.1, 0.15) is 11.6 Å². The first-order valence-corrected chi connectivity index (χ1v) is 6.76. The van der Waals surface area contributed by atoms with E-state index in [4.69, 9.17) is 0 Å². The molecule has 0 aliphatic carbocycles. The van der Waals surface area contributed by atoms with E-state index in [2.05, 4.69) is 4.98 Å². The lowest BCUT2D eigenvalue weighted by Gasteiger charge is -2.18. The van der Waals surface area contributed by atoms with Gasteiger partial charge in [0.05, 0.1) is 11.9 Å². The van der Waals surface area contributed by atoms with E-state index in [0.29, 0.717) is 5.82 Å². The molecule has 0 saturated heterocycles.